The lowest BCUT2D eigenvalue weighted by Crippen LogP contribution is -2.35. The van der Waals surface area contributed by atoms with E-state index in [-0.39, 0.29) is 18.1 Å². The Morgan fingerprint density at radius 3 is 2.79 bits per heavy atom. The van der Waals surface area contributed by atoms with Gasteiger partial charge in [0, 0.05) is 22.2 Å². The van der Waals surface area contributed by atoms with Gasteiger partial charge in [-0.15, -0.1) is 0 Å². The van der Waals surface area contributed by atoms with Crippen molar-refractivity contribution < 1.29 is 18.7 Å². The molecule has 1 N–H and O–H groups in total. The molecule has 0 aliphatic carbocycles. The lowest BCUT2D eigenvalue weighted by atomic mass is 10.0. The Morgan fingerprint density at radius 2 is 2.16 bits per heavy atom. The third-order valence-corrected chi connectivity index (χ3v) is 3.49. The molecule has 1 aliphatic rings. The molecule has 0 atom stereocenters. The molecular formula is C13H12BrF2NO2. The van der Waals surface area contributed by atoms with Gasteiger partial charge in [-0.2, -0.15) is 0 Å². The third kappa shape index (κ3) is 3.12. The van der Waals surface area contributed by atoms with E-state index >= 15 is 0 Å². The Bertz CT molecular complexity index is 531. The Labute approximate surface area is 117 Å². The van der Waals surface area contributed by atoms with Crippen molar-refractivity contribution in [2.24, 2.45) is 0 Å². The van der Waals surface area contributed by atoms with Gasteiger partial charge in [-0.05, 0) is 40.5 Å². The molecule has 0 saturated carbocycles. The van der Waals surface area contributed by atoms with Gasteiger partial charge in [-0.25, -0.2) is 8.78 Å². The minimum Gasteiger partial charge on any atom is -0.508 e. The normalized spacial score (nSPS) is 15.9. The molecule has 0 saturated heterocycles. The van der Waals surface area contributed by atoms with Gasteiger partial charge in [0.15, 0.2) is 0 Å². The van der Waals surface area contributed by atoms with Gasteiger partial charge in [0.25, 0.3) is 6.43 Å². The summed E-state index contributed by atoms with van der Waals surface area (Å²) in [5.74, 6) is -0.239. The average Bonchev–Trinajstić information content (AvgIpc) is 2.32. The Hall–Kier alpha value is -1.43. The van der Waals surface area contributed by atoms with Crippen LogP contribution in [0.25, 0.3) is 5.70 Å². The van der Waals surface area contributed by atoms with E-state index in [9.17, 15) is 18.7 Å². The highest BCUT2D eigenvalue weighted by molar-refractivity contribution is 9.10. The van der Waals surface area contributed by atoms with E-state index in [1.165, 1.54) is 12.1 Å². The van der Waals surface area contributed by atoms with E-state index in [1.807, 2.05) is 0 Å². The van der Waals surface area contributed by atoms with Gasteiger partial charge >= 0.3 is 0 Å². The number of allylic oxidation sites excluding steroid dienone is 1. The Kier molecular flexibility index (Phi) is 4.19. The quantitative estimate of drug-likeness (QED) is 0.922. The summed E-state index contributed by atoms with van der Waals surface area (Å²) in [7, 11) is 0. The number of nitrogens with zero attached hydrogens (tertiary/aromatic N) is 1. The molecule has 1 aliphatic heterocycles. The van der Waals surface area contributed by atoms with Crippen LogP contribution in [0.2, 0.25) is 0 Å². The fourth-order valence-corrected chi connectivity index (χ4v) is 2.59. The number of hydrogen-bond donors (Lipinski definition) is 1. The summed E-state index contributed by atoms with van der Waals surface area (Å²) in [6, 6.07) is 4.53. The second-order valence-electron chi connectivity index (χ2n) is 4.19. The van der Waals surface area contributed by atoms with Crippen molar-refractivity contribution in [3.05, 3.63) is 34.3 Å². The highest BCUT2D eigenvalue weighted by Crippen LogP contribution is 2.33. The van der Waals surface area contributed by atoms with Crippen LogP contribution in [0.1, 0.15) is 18.4 Å². The van der Waals surface area contributed by atoms with E-state index in [0.717, 1.165) is 4.90 Å². The predicted octanol–water partition coefficient (Wildman–Crippen LogP) is 3.38. The molecule has 0 radical (unpaired) electrons. The largest absolute Gasteiger partial charge is 0.508 e. The van der Waals surface area contributed by atoms with Crippen molar-refractivity contribution in [3.63, 3.8) is 0 Å². The lowest BCUT2D eigenvalue weighted by molar-refractivity contribution is -0.129. The van der Waals surface area contributed by atoms with Crippen molar-refractivity contribution >= 4 is 27.5 Å². The SMILES string of the molecule is O=C1CCC=C(c2ccc(O)cc2Br)N1CC(F)F. The molecule has 0 fully saturated rings. The molecule has 3 nitrogen and oxygen atoms in total. The van der Waals surface area contributed by atoms with Crippen molar-refractivity contribution in [1.29, 1.82) is 0 Å². The number of alkyl halides is 2. The van der Waals surface area contributed by atoms with Gasteiger partial charge in [-0.1, -0.05) is 6.08 Å². The van der Waals surface area contributed by atoms with Gasteiger partial charge in [-0.3, -0.25) is 4.79 Å². The van der Waals surface area contributed by atoms with Crippen LogP contribution in [-0.4, -0.2) is 28.9 Å². The van der Waals surface area contributed by atoms with Crippen LogP contribution in [0.4, 0.5) is 8.78 Å². The van der Waals surface area contributed by atoms with Crippen molar-refractivity contribution in [2.45, 2.75) is 19.3 Å². The zero-order valence-corrected chi connectivity index (χ0v) is 11.5. The number of benzene rings is 1. The van der Waals surface area contributed by atoms with E-state index in [2.05, 4.69) is 15.9 Å². The van der Waals surface area contributed by atoms with E-state index < -0.39 is 13.0 Å². The number of carbonyl (C=O) groups is 1. The topological polar surface area (TPSA) is 40.5 Å². The number of phenols is 1. The molecule has 6 heteroatoms. The minimum atomic E-state index is -2.58. The smallest absolute Gasteiger partial charge is 0.256 e. The maximum Gasteiger partial charge on any atom is 0.256 e. The zero-order valence-electron chi connectivity index (χ0n) is 9.94. The van der Waals surface area contributed by atoms with Gasteiger partial charge in [0.05, 0.1) is 6.54 Å². The van der Waals surface area contributed by atoms with Crippen LogP contribution in [0.15, 0.2) is 28.7 Å². The summed E-state index contributed by atoms with van der Waals surface area (Å²) in [5, 5.41) is 9.35. The first kappa shape index (κ1) is 14.0. The molecule has 1 heterocycles. The van der Waals surface area contributed by atoms with Crippen LogP contribution in [0.5, 0.6) is 5.75 Å². The minimum absolute atomic E-state index is 0.0683. The molecule has 1 aromatic rings. The Balaban J connectivity index is 2.39. The van der Waals surface area contributed by atoms with Crippen molar-refractivity contribution in [3.8, 4) is 5.75 Å². The van der Waals surface area contributed by atoms with E-state index in [1.54, 1.807) is 12.1 Å². The van der Waals surface area contributed by atoms with Crippen LogP contribution < -0.4 is 0 Å². The first-order valence-corrected chi connectivity index (χ1v) is 6.56. The number of carbonyl (C=O) groups excluding carboxylic acids is 1. The molecule has 0 bridgehead atoms. The third-order valence-electron chi connectivity index (χ3n) is 2.84. The van der Waals surface area contributed by atoms with Crippen molar-refractivity contribution in [2.75, 3.05) is 6.54 Å². The summed E-state index contributed by atoms with van der Waals surface area (Å²) in [4.78, 5) is 12.9. The number of aromatic hydroxyl groups is 1. The summed E-state index contributed by atoms with van der Waals surface area (Å²) in [6.07, 6.45) is -0.0463. The van der Waals surface area contributed by atoms with Gasteiger partial charge < -0.3 is 10.0 Å². The molecule has 0 spiro atoms. The standard InChI is InChI=1S/C13H12BrF2NO2/c14-10-6-8(18)4-5-9(10)11-2-1-3-13(19)17(11)7-12(15)16/h2,4-6,12,18H,1,3,7H2. The second-order valence-corrected chi connectivity index (χ2v) is 5.04. The summed E-state index contributed by atoms with van der Waals surface area (Å²) in [5.41, 5.74) is 1.08. The summed E-state index contributed by atoms with van der Waals surface area (Å²) >= 11 is 3.27. The Morgan fingerprint density at radius 1 is 1.42 bits per heavy atom. The van der Waals surface area contributed by atoms with Gasteiger partial charge in [0.1, 0.15) is 5.75 Å². The second kappa shape index (κ2) is 5.69. The molecule has 2 rings (SSSR count). The van der Waals surface area contributed by atoms with E-state index in [0.29, 0.717) is 22.2 Å². The maximum absolute atomic E-state index is 12.6. The number of rotatable bonds is 3. The molecule has 1 aromatic carbocycles. The van der Waals surface area contributed by atoms with Crippen molar-refractivity contribution in [1.82, 2.24) is 4.90 Å². The van der Waals surface area contributed by atoms with Crippen LogP contribution in [0.3, 0.4) is 0 Å². The number of phenolic OH excluding ortho intramolecular Hbond substituents is 1. The van der Waals surface area contributed by atoms with E-state index in [4.69, 9.17) is 0 Å². The van der Waals surface area contributed by atoms with Crippen LogP contribution in [-0.2, 0) is 4.79 Å². The lowest BCUT2D eigenvalue weighted by Gasteiger charge is -2.29. The van der Waals surface area contributed by atoms with Crippen LogP contribution >= 0.6 is 15.9 Å². The zero-order chi connectivity index (χ0) is 14.0. The number of halogens is 3. The highest BCUT2D eigenvalue weighted by atomic mass is 79.9. The maximum atomic E-state index is 12.6. The van der Waals surface area contributed by atoms with Crippen LogP contribution in [0, 0.1) is 0 Å². The molecule has 0 unspecified atom stereocenters. The number of hydrogen-bond acceptors (Lipinski definition) is 2. The monoisotopic (exact) mass is 331 g/mol. The first-order valence-electron chi connectivity index (χ1n) is 5.76. The summed E-state index contributed by atoms with van der Waals surface area (Å²) < 4.78 is 25.7. The fourth-order valence-electron chi connectivity index (χ4n) is 2.02. The predicted molar refractivity (Wildman–Crippen MR) is 70.7 cm³/mol. The summed E-state index contributed by atoms with van der Waals surface area (Å²) in [6.45, 7) is -0.613. The number of amides is 1. The highest BCUT2D eigenvalue weighted by Gasteiger charge is 2.26. The fraction of sp³-hybridized carbons (Fsp3) is 0.308. The molecule has 0 aromatic heterocycles. The molecular weight excluding hydrogens is 320 g/mol. The molecule has 19 heavy (non-hydrogen) atoms. The van der Waals surface area contributed by atoms with Gasteiger partial charge in [0.2, 0.25) is 5.91 Å². The molecule has 1 amide bonds. The average molecular weight is 332 g/mol. The first-order chi connectivity index (χ1) is 8.99. The molecule has 102 valence electrons.